The number of fused-ring (bicyclic) bond motifs is 1. The Bertz CT molecular complexity index is 874. The van der Waals surface area contributed by atoms with E-state index in [2.05, 4.69) is 14.8 Å². The number of pyridine rings is 1. The fraction of sp³-hybridized carbons (Fsp3) is 0.250. The van der Waals surface area contributed by atoms with Gasteiger partial charge in [0.2, 0.25) is 0 Å². The van der Waals surface area contributed by atoms with E-state index in [9.17, 15) is 9.50 Å². The number of hydrogen-bond acceptors (Lipinski definition) is 4. The van der Waals surface area contributed by atoms with Gasteiger partial charge in [0, 0.05) is 61.8 Å². The highest BCUT2D eigenvalue weighted by molar-refractivity contribution is 5.86. The molecule has 3 aromatic rings. The first-order valence-corrected chi connectivity index (χ1v) is 8.48. The lowest BCUT2D eigenvalue weighted by atomic mass is 10.0. The van der Waals surface area contributed by atoms with E-state index in [0.29, 0.717) is 12.3 Å². The minimum Gasteiger partial charge on any atom is -0.508 e. The Balaban J connectivity index is 1.47. The highest BCUT2D eigenvalue weighted by Crippen LogP contribution is 2.28. The first-order valence-electron chi connectivity index (χ1n) is 8.48. The molecule has 4 rings (SSSR count). The van der Waals surface area contributed by atoms with Gasteiger partial charge in [0.15, 0.2) is 0 Å². The molecular weight excluding hydrogens is 317 g/mol. The third kappa shape index (κ3) is 3.28. The van der Waals surface area contributed by atoms with Gasteiger partial charge < -0.3 is 10.0 Å². The smallest absolute Gasteiger partial charge is 0.123 e. The Labute approximate surface area is 146 Å². The van der Waals surface area contributed by atoms with E-state index >= 15 is 0 Å². The highest BCUT2D eigenvalue weighted by Gasteiger charge is 2.19. The molecule has 1 aromatic heterocycles. The summed E-state index contributed by atoms with van der Waals surface area (Å²) in [6.45, 7) is 4.26. The second-order valence-corrected chi connectivity index (χ2v) is 6.40. The van der Waals surface area contributed by atoms with Crippen LogP contribution in [0.4, 0.5) is 10.1 Å². The van der Waals surface area contributed by atoms with E-state index in [1.54, 1.807) is 12.3 Å². The summed E-state index contributed by atoms with van der Waals surface area (Å²) in [5, 5.41) is 12.4. The summed E-state index contributed by atoms with van der Waals surface area (Å²) in [6, 6.07) is 12.3. The van der Waals surface area contributed by atoms with E-state index in [0.717, 1.165) is 48.2 Å². The van der Waals surface area contributed by atoms with Crippen LogP contribution < -0.4 is 4.90 Å². The van der Waals surface area contributed by atoms with Crippen molar-refractivity contribution in [1.82, 2.24) is 9.88 Å². The second-order valence-electron chi connectivity index (χ2n) is 6.40. The number of anilines is 1. The van der Waals surface area contributed by atoms with Crippen molar-refractivity contribution >= 4 is 16.5 Å². The minimum atomic E-state index is -0.206. The molecule has 1 saturated heterocycles. The molecule has 2 aromatic carbocycles. The summed E-state index contributed by atoms with van der Waals surface area (Å²) >= 11 is 0. The van der Waals surface area contributed by atoms with Crippen LogP contribution in [0.15, 0.2) is 54.9 Å². The van der Waals surface area contributed by atoms with Crippen molar-refractivity contribution in [2.45, 2.75) is 6.54 Å². The Kier molecular flexibility index (Phi) is 4.24. The predicted octanol–water partition coefficient (Wildman–Crippen LogP) is 3.40. The average molecular weight is 337 g/mol. The maximum atomic E-state index is 13.1. The van der Waals surface area contributed by atoms with Crippen molar-refractivity contribution in [3.8, 4) is 5.75 Å². The monoisotopic (exact) mass is 337 g/mol. The lowest BCUT2D eigenvalue weighted by Crippen LogP contribution is -2.46. The molecule has 1 aliphatic rings. The van der Waals surface area contributed by atoms with Gasteiger partial charge in [-0.05, 0) is 41.8 Å². The Hall–Kier alpha value is -2.66. The van der Waals surface area contributed by atoms with Crippen LogP contribution in [0.5, 0.6) is 5.75 Å². The number of nitrogens with zero attached hydrogens (tertiary/aromatic N) is 3. The van der Waals surface area contributed by atoms with Crippen molar-refractivity contribution in [1.29, 1.82) is 0 Å². The first kappa shape index (κ1) is 15.8. The van der Waals surface area contributed by atoms with Crippen molar-refractivity contribution in [3.63, 3.8) is 0 Å². The van der Waals surface area contributed by atoms with Crippen LogP contribution in [-0.2, 0) is 6.54 Å². The zero-order valence-electron chi connectivity index (χ0n) is 13.9. The minimum absolute atomic E-state index is 0.206. The van der Waals surface area contributed by atoms with Crippen LogP contribution >= 0.6 is 0 Å². The third-order valence-electron chi connectivity index (χ3n) is 4.86. The number of phenolic OH excluding ortho intramolecular Hbond substituents is 1. The standard InChI is InChI=1S/C20H20FN3O/c21-16-2-4-17(5-3-16)24-11-9-23(10-12-24)14-19-18-13-22-8-7-15(18)1-6-20(19)25/h1-8,13,25H,9-12,14H2. The number of benzene rings is 2. The molecule has 0 radical (unpaired) electrons. The molecule has 0 amide bonds. The number of hydrogen-bond donors (Lipinski definition) is 1. The second kappa shape index (κ2) is 6.69. The molecule has 2 heterocycles. The Morgan fingerprint density at radius 2 is 1.72 bits per heavy atom. The lowest BCUT2D eigenvalue weighted by molar-refractivity contribution is 0.247. The predicted molar refractivity (Wildman–Crippen MR) is 97.3 cm³/mol. The zero-order chi connectivity index (χ0) is 17.2. The van der Waals surface area contributed by atoms with Crippen LogP contribution in [0, 0.1) is 5.82 Å². The number of halogens is 1. The van der Waals surface area contributed by atoms with Crippen LogP contribution in [0.2, 0.25) is 0 Å². The zero-order valence-corrected chi connectivity index (χ0v) is 13.9. The SMILES string of the molecule is Oc1ccc2ccncc2c1CN1CCN(c2ccc(F)cc2)CC1. The summed E-state index contributed by atoms with van der Waals surface area (Å²) in [6.07, 6.45) is 3.59. The van der Waals surface area contributed by atoms with Crippen molar-refractivity contribution in [2.24, 2.45) is 0 Å². The summed E-state index contributed by atoms with van der Waals surface area (Å²) in [7, 11) is 0. The maximum Gasteiger partial charge on any atom is 0.123 e. The molecule has 5 heteroatoms. The number of rotatable bonds is 3. The number of piperazine rings is 1. The Morgan fingerprint density at radius 3 is 2.48 bits per heavy atom. The molecule has 128 valence electrons. The van der Waals surface area contributed by atoms with Gasteiger partial charge in [0.1, 0.15) is 11.6 Å². The summed E-state index contributed by atoms with van der Waals surface area (Å²) < 4.78 is 13.1. The normalized spacial score (nSPS) is 15.6. The van der Waals surface area contributed by atoms with Crippen molar-refractivity contribution in [2.75, 3.05) is 31.1 Å². The summed E-state index contributed by atoms with van der Waals surface area (Å²) in [5.41, 5.74) is 1.99. The first-order chi connectivity index (χ1) is 12.2. The van der Waals surface area contributed by atoms with Crippen molar-refractivity contribution in [3.05, 3.63) is 66.2 Å². The van der Waals surface area contributed by atoms with Crippen LogP contribution in [0.3, 0.4) is 0 Å². The number of aromatic nitrogens is 1. The summed E-state index contributed by atoms with van der Waals surface area (Å²) in [4.78, 5) is 8.80. The molecule has 1 fully saturated rings. The molecule has 0 saturated carbocycles. The number of phenols is 1. The van der Waals surface area contributed by atoms with E-state index in [1.807, 2.05) is 30.5 Å². The number of aromatic hydroxyl groups is 1. The molecule has 25 heavy (non-hydrogen) atoms. The molecule has 1 aliphatic heterocycles. The molecule has 4 nitrogen and oxygen atoms in total. The molecule has 0 aliphatic carbocycles. The maximum absolute atomic E-state index is 13.1. The molecule has 1 N–H and O–H groups in total. The lowest BCUT2D eigenvalue weighted by Gasteiger charge is -2.36. The largest absolute Gasteiger partial charge is 0.508 e. The van der Waals surface area contributed by atoms with Gasteiger partial charge >= 0.3 is 0 Å². The van der Waals surface area contributed by atoms with Crippen LogP contribution in [0.25, 0.3) is 10.8 Å². The van der Waals surface area contributed by atoms with Gasteiger partial charge in [0.05, 0.1) is 0 Å². The van der Waals surface area contributed by atoms with E-state index in [1.165, 1.54) is 12.1 Å². The van der Waals surface area contributed by atoms with E-state index in [-0.39, 0.29) is 5.82 Å². The van der Waals surface area contributed by atoms with E-state index in [4.69, 9.17) is 0 Å². The van der Waals surface area contributed by atoms with Gasteiger partial charge in [-0.1, -0.05) is 6.07 Å². The molecular formula is C20H20FN3O. The molecule has 0 spiro atoms. The van der Waals surface area contributed by atoms with Gasteiger partial charge in [-0.15, -0.1) is 0 Å². The van der Waals surface area contributed by atoms with Gasteiger partial charge in [0.25, 0.3) is 0 Å². The Morgan fingerprint density at radius 1 is 0.960 bits per heavy atom. The van der Waals surface area contributed by atoms with Gasteiger partial charge in [-0.25, -0.2) is 4.39 Å². The van der Waals surface area contributed by atoms with Gasteiger partial charge in [-0.2, -0.15) is 0 Å². The van der Waals surface area contributed by atoms with Crippen LogP contribution in [0.1, 0.15) is 5.56 Å². The summed E-state index contributed by atoms with van der Waals surface area (Å²) in [5.74, 6) is 0.115. The van der Waals surface area contributed by atoms with Crippen molar-refractivity contribution < 1.29 is 9.50 Å². The molecule has 0 atom stereocenters. The fourth-order valence-corrected chi connectivity index (χ4v) is 3.42. The highest BCUT2D eigenvalue weighted by atomic mass is 19.1. The van der Waals surface area contributed by atoms with Gasteiger partial charge in [-0.3, -0.25) is 9.88 Å². The van der Waals surface area contributed by atoms with E-state index < -0.39 is 0 Å². The van der Waals surface area contributed by atoms with Crippen LogP contribution in [-0.4, -0.2) is 41.2 Å². The molecule has 0 unspecified atom stereocenters. The fourth-order valence-electron chi connectivity index (χ4n) is 3.42. The quantitative estimate of drug-likeness (QED) is 0.795. The topological polar surface area (TPSA) is 39.6 Å². The average Bonchev–Trinajstić information content (AvgIpc) is 2.65. The third-order valence-corrected chi connectivity index (χ3v) is 4.86. The molecule has 0 bridgehead atoms.